The molecule has 0 radical (unpaired) electrons. The van der Waals surface area contributed by atoms with E-state index in [1.807, 2.05) is 47.4 Å². The minimum absolute atomic E-state index is 0.0760. The van der Waals surface area contributed by atoms with Gasteiger partial charge in [0.05, 0.1) is 17.8 Å². The van der Waals surface area contributed by atoms with Crippen LogP contribution in [0, 0.1) is 11.3 Å². The molecule has 1 unspecified atom stereocenters. The van der Waals surface area contributed by atoms with Gasteiger partial charge in [-0.15, -0.1) is 0 Å². The third-order valence-electron chi connectivity index (χ3n) is 6.41. The number of urea groups is 1. The maximum Gasteiger partial charge on any atom is 0.321 e. The summed E-state index contributed by atoms with van der Waals surface area (Å²) in [5.41, 5.74) is 2.03. The smallest absolute Gasteiger partial charge is 0.321 e. The Bertz CT molecular complexity index is 1030. The number of para-hydroxylation sites is 1. The van der Waals surface area contributed by atoms with Gasteiger partial charge in [-0.1, -0.05) is 43.6 Å². The van der Waals surface area contributed by atoms with Crippen LogP contribution in [0.5, 0.6) is 0 Å². The van der Waals surface area contributed by atoms with E-state index in [4.69, 9.17) is 11.6 Å². The number of aliphatic hydroxyl groups excluding tert-OH is 1. The predicted molar refractivity (Wildman–Crippen MR) is 120 cm³/mol. The molecule has 3 aromatic rings. The van der Waals surface area contributed by atoms with E-state index in [1.54, 1.807) is 6.20 Å². The van der Waals surface area contributed by atoms with Gasteiger partial charge in [0.15, 0.2) is 0 Å². The molecule has 0 bridgehead atoms. The number of aromatic nitrogens is 2. The molecule has 0 spiro atoms. The maximum absolute atomic E-state index is 12.6. The SMILES string of the molecule is CC(C)(C1CCN(C(=O)Nc2ccccc2)CC1)C(O)c1cc(Cl)cc2[nH]ncc12. The topological polar surface area (TPSA) is 81.3 Å². The van der Waals surface area contributed by atoms with Crippen LogP contribution < -0.4 is 5.32 Å². The number of aromatic amines is 1. The maximum atomic E-state index is 12.6. The van der Waals surface area contributed by atoms with Crippen molar-refractivity contribution >= 4 is 34.2 Å². The number of carbonyl (C=O) groups excluding carboxylic acids is 1. The summed E-state index contributed by atoms with van der Waals surface area (Å²) in [5.74, 6) is 0.272. The van der Waals surface area contributed by atoms with Crippen molar-refractivity contribution < 1.29 is 9.90 Å². The van der Waals surface area contributed by atoms with Gasteiger partial charge in [0.25, 0.3) is 0 Å². The Hall–Kier alpha value is -2.57. The second kappa shape index (κ2) is 8.28. The van der Waals surface area contributed by atoms with Crippen LogP contribution in [0.1, 0.15) is 38.4 Å². The van der Waals surface area contributed by atoms with Crippen LogP contribution in [-0.4, -0.2) is 39.3 Å². The van der Waals surface area contributed by atoms with E-state index in [2.05, 4.69) is 29.4 Å². The first kappa shape index (κ1) is 20.7. The zero-order valence-corrected chi connectivity index (χ0v) is 18.0. The van der Waals surface area contributed by atoms with Crippen molar-refractivity contribution in [2.24, 2.45) is 11.3 Å². The lowest BCUT2D eigenvalue weighted by Crippen LogP contribution is -2.45. The molecule has 2 aromatic carbocycles. The summed E-state index contributed by atoms with van der Waals surface area (Å²) in [6, 6.07) is 13.1. The molecule has 2 amide bonds. The number of piperidine rings is 1. The van der Waals surface area contributed by atoms with Crippen LogP contribution in [0.15, 0.2) is 48.7 Å². The van der Waals surface area contributed by atoms with E-state index in [0.717, 1.165) is 35.0 Å². The minimum Gasteiger partial charge on any atom is -0.388 e. The molecule has 30 heavy (non-hydrogen) atoms. The number of hydrogen-bond donors (Lipinski definition) is 3. The molecule has 1 aliphatic rings. The lowest BCUT2D eigenvalue weighted by molar-refractivity contribution is -0.0137. The first-order valence-electron chi connectivity index (χ1n) is 10.3. The molecule has 4 rings (SSSR count). The molecule has 0 saturated carbocycles. The number of anilines is 1. The Morgan fingerprint density at radius 3 is 2.67 bits per heavy atom. The summed E-state index contributed by atoms with van der Waals surface area (Å²) in [7, 11) is 0. The summed E-state index contributed by atoms with van der Waals surface area (Å²) in [5, 5.41) is 22.8. The molecule has 1 atom stereocenters. The molecule has 2 heterocycles. The van der Waals surface area contributed by atoms with Gasteiger partial charge in [-0.3, -0.25) is 5.10 Å². The molecule has 1 aliphatic heterocycles. The summed E-state index contributed by atoms with van der Waals surface area (Å²) >= 11 is 6.27. The van der Waals surface area contributed by atoms with Gasteiger partial charge in [-0.25, -0.2) is 4.79 Å². The quantitative estimate of drug-likeness (QED) is 0.535. The second-order valence-electron chi connectivity index (χ2n) is 8.61. The lowest BCUT2D eigenvalue weighted by atomic mass is 9.68. The van der Waals surface area contributed by atoms with Gasteiger partial charge in [-0.05, 0) is 54.0 Å². The number of rotatable bonds is 4. The fourth-order valence-electron chi connectivity index (χ4n) is 4.44. The summed E-state index contributed by atoms with van der Waals surface area (Å²) in [6.07, 6.45) is 2.71. The normalized spacial score (nSPS) is 16.6. The van der Waals surface area contributed by atoms with Gasteiger partial charge >= 0.3 is 6.03 Å². The van der Waals surface area contributed by atoms with Crippen molar-refractivity contribution in [3.63, 3.8) is 0 Å². The Labute approximate surface area is 181 Å². The van der Waals surface area contributed by atoms with Crippen LogP contribution in [0.2, 0.25) is 5.02 Å². The molecule has 1 fully saturated rings. The van der Waals surface area contributed by atoms with Crippen LogP contribution in [0.25, 0.3) is 10.9 Å². The first-order valence-corrected chi connectivity index (χ1v) is 10.7. The largest absolute Gasteiger partial charge is 0.388 e. The monoisotopic (exact) mass is 426 g/mol. The van der Waals surface area contributed by atoms with E-state index >= 15 is 0 Å². The van der Waals surface area contributed by atoms with Crippen molar-refractivity contribution in [2.45, 2.75) is 32.8 Å². The van der Waals surface area contributed by atoms with Gasteiger partial charge in [0, 0.05) is 29.2 Å². The number of benzene rings is 2. The van der Waals surface area contributed by atoms with Crippen molar-refractivity contribution in [2.75, 3.05) is 18.4 Å². The van der Waals surface area contributed by atoms with Gasteiger partial charge < -0.3 is 15.3 Å². The van der Waals surface area contributed by atoms with Crippen molar-refractivity contribution in [1.29, 1.82) is 0 Å². The average molecular weight is 427 g/mol. The summed E-state index contributed by atoms with van der Waals surface area (Å²) in [6.45, 7) is 5.51. The fraction of sp³-hybridized carbons (Fsp3) is 0.391. The van der Waals surface area contributed by atoms with Gasteiger partial charge in [0.1, 0.15) is 0 Å². The summed E-state index contributed by atoms with van der Waals surface area (Å²) < 4.78 is 0. The Balaban J connectivity index is 1.44. The van der Waals surface area contributed by atoms with E-state index in [-0.39, 0.29) is 17.4 Å². The highest BCUT2D eigenvalue weighted by molar-refractivity contribution is 6.31. The number of likely N-dealkylation sites (tertiary alicyclic amines) is 1. The van der Waals surface area contributed by atoms with E-state index < -0.39 is 6.10 Å². The number of carbonyl (C=O) groups is 1. The number of nitrogens with one attached hydrogen (secondary N) is 2. The van der Waals surface area contributed by atoms with E-state index in [1.165, 1.54) is 0 Å². The van der Waals surface area contributed by atoms with Crippen LogP contribution >= 0.6 is 11.6 Å². The molecule has 3 N–H and O–H groups in total. The Kier molecular flexibility index (Phi) is 5.71. The second-order valence-corrected chi connectivity index (χ2v) is 9.04. The number of H-pyrrole nitrogens is 1. The highest BCUT2D eigenvalue weighted by atomic mass is 35.5. The van der Waals surface area contributed by atoms with Gasteiger partial charge in [0.2, 0.25) is 0 Å². The zero-order chi connectivity index (χ0) is 21.3. The third-order valence-corrected chi connectivity index (χ3v) is 6.63. The number of halogens is 1. The van der Waals surface area contributed by atoms with Crippen molar-refractivity contribution in [3.8, 4) is 0 Å². The fourth-order valence-corrected chi connectivity index (χ4v) is 4.67. The number of aliphatic hydroxyl groups is 1. The molecule has 7 heteroatoms. The molecular weight excluding hydrogens is 400 g/mol. The number of nitrogens with zero attached hydrogens (tertiary/aromatic N) is 2. The lowest BCUT2D eigenvalue weighted by Gasteiger charge is -2.43. The van der Waals surface area contributed by atoms with E-state index in [0.29, 0.717) is 18.1 Å². The number of hydrogen-bond acceptors (Lipinski definition) is 3. The molecule has 0 aliphatic carbocycles. The standard InChI is InChI=1S/C23H27ClN4O2/c1-23(2,21(29)18-12-16(24)13-20-19(18)14-25-27-20)15-8-10-28(11-9-15)22(30)26-17-6-4-3-5-7-17/h3-7,12-15,21,29H,8-11H2,1-2H3,(H,25,27)(H,26,30). The minimum atomic E-state index is -0.689. The van der Waals surface area contributed by atoms with Crippen LogP contribution in [-0.2, 0) is 0 Å². The average Bonchev–Trinajstić information content (AvgIpc) is 3.21. The molecule has 158 valence electrons. The molecule has 6 nitrogen and oxygen atoms in total. The highest BCUT2D eigenvalue weighted by Gasteiger charge is 2.40. The Morgan fingerprint density at radius 1 is 1.27 bits per heavy atom. The predicted octanol–water partition coefficient (Wildman–Crippen LogP) is 5.22. The first-order chi connectivity index (χ1) is 14.4. The van der Waals surface area contributed by atoms with Crippen LogP contribution in [0.4, 0.5) is 10.5 Å². The van der Waals surface area contributed by atoms with Crippen molar-refractivity contribution in [3.05, 3.63) is 59.2 Å². The number of fused-ring (bicyclic) bond motifs is 1. The van der Waals surface area contributed by atoms with E-state index in [9.17, 15) is 9.90 Å². The molecule has 1 aromatic heterocycles. The number of amides is 2. The van der Waals surface area contributed by atoms with Crippen molar-refractivity contribution in [1.82, 2.24) is 15.1 Å². The van der Waals surface area contributed by atoms with Gasteiger partial charge in [-0.2, -0.15) is 5.10 Å². The Morgan fingerprint density at radius 2 is 1.97 bits per heavy atom. The third kappa shape index (κ3) is 4.02. The zero-order valence-electron chi connectivity index (χ0n) is 17.2. The molecule has 1 saturated heterocycles. The molecular formula is C23H27ClN4O2. The highest BCUT2D eigenvalue weighted by Crippen LogP contribution is 2.46. The summed E-state index contributed by atoms with van der Waals surface area (Å²) in [4.78, 5) is 14.4. The van der Waals surface area contributed by atoms with Crippen LogP contribution in [0.3, 0.4) is 0 Å².